The van der Waals surface area contributed by atoms with Gasteiger partial charge in [0.1, 0.15) is 5.75 Å². The minimum Gasteiger partial charge on any atom is -0.494 e. The molecule has 0 spiro atoms. The predicted molar refractivity (Wildman–Crippen MR) is 56.9 cm³/mol. The second-order valence-electron chi connectivity index (χ2n) is 3.54. The zero-order valence-corrected chi connectivity index (χ0v) is 9.17. The van der Waals surface area contributed by atoms with E-state index in [9.17, 15) is 18.0 Å². The lowest BCUT2D eigenvalue weighted by Crippen LogP contribution is -2.22. The number of hydrogen-bond acceptors (Lipinski definition) is 2. The quantitative estimate of drug-likeness (QED) is 0.719. The van der Waals surface area contributed by atoms with Crippen LogP contribution in [-0.4, -0.2) is 18.6 Å². The van der Waals surface area contributed by atoms with Crippen LogP contribution in [0.2, 0.25) is 0 Å². The van der Waals surface area contributed by atoms with Gasteiger partial charge in [0.05, 0.1) is 6.61 Å². The highest BCUT2D eigenvalue weighted by Crippen LogP contribution is 2.19. The van der Waals surface area contributed by atoms with Crippen LogP contribution in [0.1, 0.15) is 19.3 Å². The molecule has 0 saturated heterocycles. The average Bonchev–Trinajstić information content (AvgIpc) is 2.28. The second-order valence-corrected chi connectivity index (χ2v) is 3.54. The van der Waals surface area contributed by atoms with Crippen molar-refractivity contribution in [3.8, 4) is 5.75 Å². The zero-order valence-electron chi connectivity index (χ0n) is 9.17. The molecular formula is C12H13F3O2. The molecule has 0 aliphatic rings. The highest BCUT2D eigenvalue weighted by atomic mass is 19.4. The van der Waals surface area contributed by atoms with Gasteiger partial charge in [0.15, 0.2) is 0 Å². The van der Waals surface area contributed by atoms with Crippen LogP contribution in [0.3, 0.4) is 0 Å². The fourth-order valence-corrected chi connectivity index (χ4v) is 1.24. The van der Waals surface area contributed by atoms with Crippen molar-refractivity contribution in [1.29, 1.82) is 0 Å². The number of rotatable bonds is 6. The summed E-state index contributed by atoms with van der Waals surface area (Å²) in [5, 5.41) is 0. The SMILES string of the molecule is O=C(CCCCOc1ccccc1)C(F)(F)F. The topological polar surface area (TPSA) is 26.3 Å². The van der Waals surface area contributed by atoms with E-state index in [0.717, 1.165) is 0 Å². The number of unbranched alkanes of at least 4 members (excludes halogenated alkanes) is 1. The molecule has 0 fully saturated rings. The number of ether oxygens (including phenoxy) is 1. The van der Waals surface area contributed by atoms with Gasteiger partial charge in [-0.2, -0.15) is 13.2 Å². The number of para-hydroxylation sites is 1. The van der Waals surface area contributed by atoms with Crippen molar-refractivity contribution in [3.63, 3.8) is 0 Å². The number of benzene rings is 1. The standard InChI is InChI=1S/C12H13F3O2/c13-12(14,15)11(16)8-4-5-9-17-10-6-2-1-3-7-10/h1-3,6-7H,4-5,8-9H2. The second kappa shape index (κ2) is 6.27. The number of carbonyl (C=O) groups excluding carboxylic acids is 1. The Bertz CT molecular complexity index is 347. The number of alkyl halides is 3. The van der Waals surface area contributed by atoms with E-state index in [1.54, 1.807) is 12.1 Å². The monoisotopic (exact) mass is 246 g/mol. The number of carbonyl (C=O) groups is 1. The molecule has 0 heterocycles. The molecule has 0 bridgehead atoms. The first-order chi connectivity index (χ1) is 8.00. The van der Waals surface area contributed by atoms with Crippen LogP contribution in [0.5, 0.6) is 5.75 Å². The van der Waals surface area contributed by atoms with Crippen LogP contribution in [0, 0.1) is 0 Å². The Morgan fingerprint density at radius 1 is 1.12 bits per heavy atom. The minimum absolute atomic E-state index is 0.186. The largest absolute Gasteiger partial charge is 0.494 e. The Morgan fingerprint density at radius 2 is 1.76 bits per heavy atom. The average molecular weight is 246 g/mol. The first-order valence-corrected chi connectivity index (χ1v) is 5.28. The van der Waals surface area contributed by atoms with Crippen molar-refractivity contribution in [1.82, 2.24) is 0 Å². The van der Waals surface area contributed by atoms with E-state index >= 15 is 0 Å². The molecular weight excluding hydrogens is 233 g/mol. The lowest BCUT2D eigenvalue weighted by atomic mass is 10.2. The van der Waals surface area contributed by atoms with Gasteiger partial charge < -0.3 is 4.74 Å². The van der Waals surface area contributed by atoms with Gasteiger partial charge in [-0.1, -0.05) is 18.2 Å². The van der Waals surface area contributed by atoms with Gasteiger partial charge in [-0.25, -0.2) is 0 Å². The molecule has 17 heavy (non-hydrogen) atoms. The Labute approximate surface area is 97.4 Å². The molecule has 0 amide bonds. The summed E-state index contributed by atoms with van der Waals surface area (Å²) < 4.78 is 40.8. The molecule has 0 N–H and O–H groups in total. The van der Waals surface area contributed by atoms with Gasteiger partial charge in [0, 0.05) is 6.42 Å². The van der Waals surface area contributed by atoms with E-state index < -0.39 is 18.4 Å². The minimum atomic E-state index is -4.71. The molecule has 0 saturated carbocycles. The Kier molecular flexibility index (Phi) is 5.00. The third-order valence-electron chi connectivity index (χ3n) is 2.13. The zero-order chi connectivity index (χ0) is 12.7. The van der Waals surface area contributed by atoms with Crippen LogP contribution < -0.4 is 4.74 Å². The van der Waals surface area contributed by atoms with Crippen molar-refractivity contribution in [3.05, 3.63) is 30.3 Å². The highest BCUT2D eigenvalue weighted by Gasteiger charge is 2.36. The van der Waals surface area contributed by atoms with E-state index in [0.29, 0.717) is 18.8 Å². The van der Waals surface area contributed by atoms with E-state index in [1.807, 2.05) is 18.2 Å². The van der Waals surface area contributed by atoms with E-state index in [1.165, 1.54) is 0 Å². The normalized spacial score (nSPS) is 11.2. The molecule has 1 aromatic rings. The van der Waals surface area contributed by atoms with Crippen molar-refractivity contribution < 1.29 is 22.7 Å². The van der Waals surface area contributed by atoms with Gasteiger partial charge in [-0.3, -0.25) is 4.79 Å². The maximum absolute atomic E-state index is 11.8. The van der Waals surface area contributed by atoms with Gasteiger partial charge >= 0.3 is 6.18 Å². The van der Waals surface area contributed by atoms with E-state index in [-0.39, 0.29) is 6.42 Å². The number of halogens is 3. The number of hydrogen-bond donors (Lipinski definition) is 0. The summed E-state index contributed by atoms with van der Waals surface area (Å²) >= 11 is 0. The predicted octanol–water partition coefficient (Wildman–Crippen LogP) is 3.37. The molecule has 5 heteroatoms. The van der Waals surface area contributed by atoms with Gasteiger partial charge in [-0.15, -0.1) is 0 Å². The van der Waals surface area contributed by atoms with Crippen molar-refractivity contribution in [2.24, 2.45) is 0 Å². The molecule has 2 nitrogen and oxygen atoms in total. The number of ketones is 1. The molecule has 1 rings (SSSR count). The Hall–Kier alpha value is -1.52. The Morgan fingerprint density at radius 3 is 2.35 bits per heavy atom. The third-order valence-corrected chi connectivity index (χ3v) is 2.13. The van der Waals surface area contributed by atoms with E-state index in [2.05, 4.69) is 0 Å². The van der Waals surface area contributed by atoms with Crippen molar-refractivity contribution >= 4 is 5.78 Å². The molecule has 0 radical (unpaired) electrons. The summed E-state index contributed by atoms with van der Waals surface area (Å²) in [6.45, 7) is 0.315. The van der Waals surface area contributed by atoms with Gasteiger partial charge in [0.2, 0.25) is 5.78 Å². The first-order valence-electron chi connectivity index (χ1n) is 5.28. The van der Waals surface area contributed by atoms with Crippen LogP contribution in [0.15, 0.2) is 30.3 Å². The fourth-order valence-electron chi connectivity index (χ4n) is 1.24. The smallest absolute Gasteiger partial charge is 0.449 e. The summed E-state index contributed by atoms with van der Waals surface area (Å²) in [5.41, 5.74) is 0. The summed E-state index contributed by atoms with van der Waals surface area (Å²) in [7, 11) is 0. The molecule has 1 aromatic carbocycles. The molecule has 0 unspecified atom stereocenters. The van der Waals surface area contributed by atoms with Crippen molar-refractivity contribution in [2.45, 2.75) is 25.4 Å². The maximum atomic E-state index is 11.8. The molecule has 0 atom stereocenters. The molecule has 0 aliphatic heterocycles. The first kappa shape index (κ1) is 13.5. The molecule has 0 aliphatic carbocycles. The summed E-state index contributed by atoms with van der Waals surface area (Å²) in [5.74, 6) is -0.994. The van der Waals surface area contributed by atoms with E-state index in [4.69, 9.17) is 4.74 Å². The van der Waals surface area contributed by atoms with Crippen LogP contribution in [0.4, 0.5) is 13.2 Å². The summed E-state index contributed by atoms with van der Waals surface area (Å²) in [6, 6.07) is 8.99. The molecule has 94 valence electrons. The maximum Gasteiger partial charge on any atom is 0.449 e. The third kappa shape index (κ3) is 5.38. The fraction of sp³-hybridized carbons (Fsp3) is 0.417. The van der Waals surface area contributed by atoms with Crippen LogP contribution in [0.25, 0.3) is 0 Å². The highest BCUT2D eigenvalue weighted by molar-refractivity contribution is 5.83. The number of Topliss-reactive ketones (excluding diaryl/α,β-unsaturated/α-hetero) is 1. The lowest BCUT2D eigenvalue weighted by molar-refractivity contribution is -0.171. The van der Waals surface area contributed by atoms with Gasteiger partial charge in [-0.05, 0) is 25.0 Å². The lowest BCUT2D eigenvalue weighted by Gasteiger charge is -2.06. The van der Waals surface area contributed by atoms with Gasteiger partial charge in [0.25, 0.3) is 0 Å². The summed E-state index contributed by atoms with van der Waals surface area (Å²) in [6.07, 6.45) is -4.57. The Balaban J connectivity index is 2.12. The van der Waals surface area contributed by atoms with Crippen LogP contribution in [-0.2, 0) is 4.79 Å². The molecule has 0 aromatic heterocycles. The van der Waals surface area contributed by atoms with Crippen molar-refractivity contribution in [2.75, 3.05) is 6.61 Å². The summed E-state index contributed by atoms with van der Waals surface area (Å²) in [4.78, 5) is 10.5. The van der Waals surface area contributed by atoms with Crippen LogP contribution >= 0.6 is 0 Å².